The van der Waals surface area contributed by atoms with Crippen molar-refractivity contribution in [1.82, 2.24) is 0 Å². The normalized spacial score (nSPS) is 10.2. The molecule has 310 valence electrons. The van der Waals surface area contributed by atoms with Crippen LogP contribution in [0.3, 0.4) is 0 Å². The fourth-order valence-electron chi connectivity index (χ4n) is 2.24. The lowest BCUT2D eigenvalue weighted by atomic mass is 10.7. The first kappa shape index (κ1) is 62.3. The third kappa shape index (κ3) is 88.4. The molecule has 20 heteroatoms. The van der Waals surface area contributed by atoms with Crippen LogP contribution in [0.4, 0.5) is 0 Å². The van der Waals surface area contributed by atoms with Gasteiger partial charge in [0.15, 0.2) is 0 Å². The highest BCUT2D eigenvalue weighted by Crippen LogP contribution is 1.86. The molecule has 0 amide bonds. The molecule has 0 rings (SSSR count). The quantitative estimate of drug-likeness (QED) is 0.0334. The molecule has 0 fully saturated rings. The van der Waals surface area contributed by atoms with Crippen molar-refractivity contribution in [3.8, 4) is 0 Å². The molecule has 0 aliphatic carbocycles. The number of rotatable bonds is 35. The number of hydrogen-bond acceptors (Lipinski definition) is 20. The average molecular weight is 912 g/mol. The molecule has 0 aromatic carbocycles. The van der Waals surface area contributed by atoms with Gasteiger partial charge in [0, 0.05) is 46.0 Å². The van der Waals surface area contributed by atoms with Gasteiger partial charge in [0.05, 0.1) is 132 Å². The first-order valence-electron chi connectivity index (χ1n) is 16.4. The molecule has 0 spiro atoms. The van der Waals surface area contributed by atoms with E-state index in [1.165, 1.54) is 0 Å². The van der Waals surface area contributed by atoms with E-state index in [1.54, 1.807) is 0 Å². The second-order valence-electron chi connectivity index (χ2n) is 8.36. The SMILES string of the molecule is SCCOCCOCCOCCOCCS.SCCOCCOCCOCCS.SCCOCCOCCS.SCCOCCS.SCCS. The molecule has 0 unspecified atom stereocenters. The van der Waals surface area contributed by atoms with Gasteiger partial charge in [-0.05, 0) is 11.5 Å². The molecular formula is C30H70O10S10. The zero-order chi connectivity index (χ0) is 38.3. The van der Waals surface area contributed by atoms with Crippen LogP contribution in [0.1, 0.15) is 0 Å². The second kappa shape index (κ2) is 73.2. The molecule has 0 heterocycles. The van der Waals surface area contributed by atoms with Crippen molar-refractivity contribution in [1.29, 1.82) is 0 Å². The third-order valence-corrected chi connectivity index (χ3v) is 6.48. The lowest BCUT2D eigenvalue weighted by Crippen LogP contribution is -2.12. The maximum absolute atomic E-state index is 5.28. The molecule has 0 bridgehead atoms. The van der Waals surface area contributed by atoms with Crippen molar-refractivity contribution in [3.05, 3.63) is 0 Å². The van der Waals surface area contributed by atoms with Crippen LogP contribution in [-0.2, 0) is 47.4 Å². The Morgan fingerprint density at radius 1 is 0.140 bits per heavy atom. The highest BCUT2D eigenvalue weighted by molar-refractivity contribution is 7.84. The number of hydrogen-bond donors (Lipinski definition) is 10. The maximum Gasteiger partial charge on any atom is 0.0701 e. The van der Waals surface area contributed by atoms with Gasteiger partial charge in [0.25, 0.3) is 0 Å². The van der Waals surface area contributed by atoms with Gasteiger partial charge < -0.3 is 47.4 Å². The van der Waals surface area contributed by atoms with E-state index in [0.717, 1.165) is 70.7 Å². The number of thiol groups is 10. The predicted molar refractivity (Wildman–Crippen MR) is 247 cm³/mol. The van der Waals surface area contributed by atoms with Crippen LogP contribution in [0, 0.1) is 0 Å². The second-order valence-corrected chi connectivity index (χ2v) is 12.8. The zero-order valence-corrected chi connectivity index (χ0v) is 38.7. The van der Waals surface area contributed by atoms with Gasteiger partial charge in [-0.1, -0.05) is 0 Å². The van der Waals surface area contributed by atoms with Crippen LogP contribution in [0.25, 0.3) is 0 Å². The molecular weight excluding hydrogens is 841 g/mol. The topological polar surface area (TPSA) is 92.3 Å². The molecule has 0 saturated carbocycles. The average Bonchev–Trinajstić information content (AvgIpc) is 3.14. The lowest BCUT2D eigenvalue weighted by molar-refractivity contribution is 0.00150. The number of ether oxygens (including phenoxy) is 10. The first-order chi connectivity index (χ1) is 24.6. The third-order valence-electron chi connectivity index (χ3n) is 4.22. The Kier molecular flexibility index (Phi) is 91.3. The van der Waals surface area contributed by atoms with Crippen LogP contribution in [-0.4, -0.2) is 190 Å². The van der Waals surface area contributed by atoms with Crippen molar-refractivity contribution in [2.24, 2.45) is 0 Å². The van der Waals surface area contributed by atoms with Gasteiger partial charge >= 0.3 is 0 Å². The first-order valence-corrected chi connectivity index (χ1v) is 22.8. The summed E-state index contributed by atoms with van der Waals surface area (Å²) in [6, 6.07) is 0. The monoisotopic (exact) mass is 910 g/mol. The summed E-state index contributed by atoms with van der Waals surface area (Å²) in [7, 11) is 0. The summed E-state index contributed by atoms with van der Waals surface area (Å²) in [5.41, 5.74) is 0. The van der Waals surface area contributed by atoms with Crippen LogP contribution in [0.2, 0.25) is 0 Å². The van der Waals surface area contributed by atoms with Crippen LogP contribution < -0.4 is 0 Å². The van der Waals surface area contributed by atoms with Crippen molar-refractivity contribution in [2.45, 2.75) is 0 Å². The van der Waals surface area contributed by atoms with Gasteiger partial charge in [-0.3, -0.25) is 0 Å². The van der Waals surface area contributed by atoms with E-state index in [0.29, 0.717) is 119 Å². The Morgan fingerprint density at radius 3 is 0.340 bits per heavy atom. The van der Waals surface area contributed by atoms with Crippen molar-refractivity contribution in [2.75, 3.05) is 190 Å². The van der Waals surface area contributed by atoms with Crippen molar-refractivity contribution < 1.29 is 47.4 Å². The Morgan fingerprint density at radius 2 is 0.240 bits per heavy atom. The predicted octanol–water partition coefficient (Wildman–Crippen LogP) is 4.40. The minimum Gasteiger partial charge on any atom is -0.380 e. The fraction of sp³-hybridized carbons (Fsp3) is 1.00. The van der Waals surface area contributed by atoms with E-state index < -0.39 is 0 Å². The molecule has 0 radical (unpaired) electrons. The highest BCUT2D eigenvalue weighted by atomic mass is 32.1. The van der Waals surface area contributed by atoms with E-state index in [-0.39, 0.29) is 0 Å². The Labute approximate surface area is 360 Å². The smallest absolute Gasteiger partial charge is 0.0701 e. The van der Waals surface area contributed by atoms with E-state index in [4.69, 9.17) is 47.4 Å². The van der Waals surface area contributed by atoms with E-state index in [9.17, 15) is 0 Å². The van der Waals surface area contributed by atoms with Gasteiger partial charge in [-0.25, -0.2) is 0 Å². The molecule has 50 heavy (non-hydrogen) atoms. The maximum atomic E-state index is 5.28. The summed E-state index contributed by atoms with van der Waals surface area (Å²) < 4.78 is 51.7. The van der Waals surface area contributed by atoms with E-state index in [1.807, 2.05) is 0 Å². The fourth-order valence-corrected chi connectivity index (χ4v) is 3.28. The molecule has 0 aromatic rings. The summed E-state index contributed by atoms with van der Waals surface area (Å²) in [5.74, 6) is 7.90. The van der Waals surface area contributed by atoms with Gasteiger partial charge in [-0.15, -0.1) is 0 Å². The Balaban J connectivity index is -0.000000179. The minimum atomic E-state index is 0.594. The van der Waals surface area contributed by atoms with Gasteiger partial charge in [0.1, 0.15) is 0 Å². The van der Waals surface area contributed by atoms with Gasteiger partial charge in [-0.2, -0.15) is 126 Å². The van der Waals surface area contributed by atoms with Crippen LogP contribution in [0.15, 0.2) is 0 Å². The Hall–Kier alpha value is 3.10. The molecule has 0 aliphatic rings. The van der Waals surface area contributed by atoms with Crippen molar-refractivity contribution in [3.63, 3.8) is 0 Å². The Bertz CT molecular complexity index is 456. The van der Waals surface area contributed by atoms with Crippen molar-refractivity contribution >= 4 is 126 Å². The lowest BCUT2D eigenvalue weighted by Gasteiger charge is -2.06. The summed E-state index contributed by atoms with van der Waals surface area (Å²) in [5, 5.41) is 0. The van der Waals surface area contributed by atoms with Gasteiger partial charge in [0.2, 0.25) is 0 Å². The van der Waals surface area contributed by atoms with E-state index >= 15 is 0 Å². The summed E-state index contributed by atoms with van der Waals surface area (Å²) >= 11 is 39.6. The summed E-state index contributed by atoms with van der Waals surface area (Å²) in [6.45, 7) is 13.1. The molecule has 0 aromatic heterocycles. The minimum absolute atomic E-state index is 0.594. The molecule has 0 N–H and O–H groups in total. The van der Waals surface area contributed by atoms with Crippen LogP contribution >= 0.6 is 126 Å². The summed E-state index contributed by atoms with van der Waals surface area (Å²) in [6.07, 6.45) is 0. The molecule has 0 aliphatic heterocycles. The molecule has 0 saturated heterocycles. The van der Waals surface area contributed by atoms with E-state index in [2.05, 4.69) is 126 Å². The van der Waals surface area contributed by atoms with Crippen LogP contribution in [0.5, 0.6) is 0 Å². The largest absolute Gasteiger partial charge is 0.380 e. The molecule has 0 atom stereocenters. The highest BCUT2D eigenvalue weighted by Gasteiger charge is 1.92. The standard InChI is InChI=1S/C10H22O4S2.C8H18O3S2.C6H14O2S2.C4H10OS2.C2H6S2/c15-9-7-13-5-3-11-1-2-12-4-6-14-8-10-16;12-7-5-10-3-1-9-2-4-11-6-8-13;9-5-3-7-1-2-8-4-6-10;6-3-1-5-2-4-7;3-1-2-4/h15-16H,1-10H2;12-13H,1-8H2;9-10H,1-6H2;6-7H,1-4H2;3-4H,1-2H2. The summed E-state index contributed by atoms with van der Waals surface area (Å²) in [4.78, 5) is 0. The zero-order valence-electron chi connectivity index (χ0n) is 29.8. The molecule has 10 nitrogen and oxygen atoms in total.